The lowest BCUT2D eigenvalue weighted by molar-refractivity contribution is -0.153. The Hall–Kier alpha value is -3.03. The zero-order valence-electron chi connectivity index (χ0n) is 15.7. The average molecular weight is 403 g/mol. The molecular weight excluding hydrogens is 383 g/mol. The van der Waals surface area contributed by atoms with Crippen molar-refractivity contribution in [3.63, 3.8) is 0 Å². The van der Waals surface area contributed by atoms with Crippen molar-refractivity contribution >= 4 is 16.8 Å². The van der Waals surface area contributed by atoms with Crippen LogP contribution in [0.25, 0.3) is 10.9 Å². The summed E-state index contributed by atoms with van der Waals surface area (Å²) in [4.78, 5) is 20.0. The number of carbonyl (C=O) groups excluding carboxylic acids is 1. The Morgan fingerprint density at radius 1 is 1.31 bits per heavy atom. The smallest absolute Gasteiger partial charge is 0.422 e. The maximum absolute atomic E-state index is 12.6. The van der Waals surface area contributed by atoms with Gasteiger partial charge in [0, 0.05) is 17.6 Å². The van der Waals surface area contributed by atoms with E-state index in [1.807, 2.05) is 30.5 Å². The summed E-state index contributed by atoms with van der Waals surface area (Å²) in [7, 11) is 0. The Balaban J connectivity index is 1.35. The lowest BCUT2D eigenvalue weighted by atomic mass is 10.1. The number of hydrogen-bond acceptors (Lipinski definition) is 3. The summed E-state index contributed by atoms with van der Waals surface area (Å²) < 4.78 is 41.3. The molecule has 29 heavy (non-hydrogen) atoms. The highest BCUT2D eigenvalue weighted by Crippen LogP contribution is 2.49. The van der Waals surface area contributed by atoms with E-state index in [0.717, 1.165) is 22.9 Å². The number of nitrogens with zero attached hydrogens (tertiary/aromatic N) is 1. The van der Waals surface area contributed by atoms with Crippen LogP contribution in [-0.2, 0) is 4.79 Å². The molecule has 2 heterocycles. The number of para-hydroxylation sites is 1. The van der Waals surface area contributed by atoms with Gasteiger partial charge in [-0.1, -0.05) is 18.2 Å². The first-order valence-electron chi connectivity index (χ1n) is 9.34. The SMILES string of the molecule is C[C@@H](NC(=O)C1CC1c1cccc2cc[nH]c12)c1ccc(OCC(F)(F)F)cn1. The van der Waals surface area contributed by atoms with E-state index in [4.69, 9.17) is 0 Å². The largest absolute Gasteiger partial charge is 0.483 e. The van der Waals surface area contributed by atoms with Crippen molar-refractivity contribution < 1.29 is 22.7 Å². The average Bonchev–Trinajstić information content (AvgIpc) is 3.34. The third kappa shape index (κ3) is 4.36. The lowest BCUT2D eigenvalue weighted by Crippen LogP contribution is -2.29. The highest BCUT2D eigenvalue weighted by Gasteiger charge is 2.45. The Bertz CT molecular complexity index is 1010. The Kier molecular flexibility index (Phi) is 4.94. The number of alkyl halides is 3. The van der Waals surface area contributed by atoms with E-state index < -0.39 is 12.8 Å². The van der Waals surface area contributed by atoms with Crippen LogP contribution in [0.15, 0.2) is 48.8 Å². The van der Waals surface area contributed by atoms with Crippen LogP contribution in [0.1, 0.15) is 36.6 Å². The zero-order valence-corrected chi connectivity index (χ0v) is 15.7. The number of hydrogen-bond donors (Lipinski definition) is 2. The molecule has 0 radical (unpaired) electrons. The number of halogens is 3. The molecule has 0 spiro atoms. The number of carbonyl (C=O) groups is 1. The molecule has 0 aliphatic heterocycles. The van der Waals surface area contributed by atoms with E-state index >= 15 is 0 Å². The maximum atomic E-state index is 12.6. The lowest BCUT2D eigenvalue weighted by Gasteiger charge is -2.14. The molecule has 2 N–H and O–H groups in total. The number of ether oxygens (including phenoxy) is 1. The van der Waals surface area contributed by atoms with Gasteiger partial charge in [0.25, 0.3) is 0 Å². The van der Waals surface area contributed by atoms with Crippen LogP contribution in [-0.4, -0.2) is 28.7 Å². The van der Waals surface area contributed by atoms with Gasteiger partial charge in [-0.2, -0.15) is 13.2 Å². The van der Waals surface area contributed by atoms with Crippen LogP contribution in [0.5, 0.6) is 5.75 Å². The second-order valence-corrected chi connectivity index (χ2v) is 7.29. The first-order chi connectivity index (χ1) is 13.8. The normalized spacial score (nSPS) is 19.7. The number of aromatic amines is 1. The van der Waals surface area contributed by atoms with Crippen molar-refractivity contribution in [1.82, 2.24) is 15.3 Å². The third-order valence-electron chi connectivity index (χ3n) is 5.11. The minimum atomic E-state index is -4.40. The topological polar surface area (TPSA) is 67.0 Å². The van der Waals surface area contributed by atoms with E-state index in [9.17, 15) is 18.0 Å². The van der Waals surface area contributed by atoms with Crippen molar-refractivity contribution in [3.05, 3.63) is 60.0 Å². The van der Waals surface area contributed by atoms with Gasteiger partial charge < -0.3 is 15.0 Å². The van der Waals surface area contributed by atoms with Gasteiger partial charge in [-0.3, -0.25) is 9.78 Å². The number of pyridine rings is 1. The molecule has 1 amide bonds. The first kappa shape index (κ1) is 19.3. The predicted octanol–water partition coefficient (Wildman–Crippen LogP) is 4.48. The van der Waals surface area contributed by atoms with Crippen molar-refractivity contribution in [2.24, 2.45) is 5.92 Å². The van der Waals surface area contributed by atoms with Crippen molar-refractivity contribution in [2.45, 2.75) is 31.5 Å². The van der Waals surface area contributed by atoms with E-state index in [-0.39, 0.29) is 29.5 Å². The summed E-state index contributed by atoms with van der Waals surface area (Å²) in [6.07, 6.45) is -0.489. The number of benzene rings is 1. The molecule has 2 unspecified atom stereocenters. The number of amides is 1. The minimum Gasteiger partial charge on any atom is -0.483 e. The molecule has 3 atom stereocenters. The standard InChI is InChI=1S/C21H20F3N3O2/c1-12(18-6-5-14(10-26-18)29-11-21(22,23)24)27-20(28)17-9-16(17)15-4-2-3-13-7-8-25-19(13)15/h2-8,10,12,16-17,25H,9,11H2,1H3,(H,27,28)/t12-,16?,17?/m1/s1. The van der Waals surface area contributed by atoms with Gasteiger partial charge >= 0.3 is 6.18 Å². The van der Waals surface area contributed by atoms with Gasteiger partial charge in [0.05, 0.1) is 17.9 Å². The molecule has 0 bridgehead atoms. The van der Waals surface area contributed by atoms with Crippen molar-refractivity contribution in [2.75, 3.05) is 6.61 Å². The quantitative estimate of drug-likeness (QED) is 0.638. The monoisotopic (exact) mass is 403 g/mol. The molecule has 1 saturated carbocycles. The van der Waals surface area contributed by atoms with Gasteiger partial charge in [-0.05, 0) is 48.4 Å². The van der Waals surface area contributed by atoms with Gasteiger partial charge in [-0.25, -0.2) is 0 Å². The maximum Gasteiger partial charge on any atom is 0.422 e. The van der Waals surface area contributed by atoms with Crippen molar-refractivity contribution in [3.8, 4) is 5.75 Å². The van der Waals surface area contributed by atoms with E-state index in [0.29, 0.717) is 5.69 Å². The molecule has 1 fully saturated rings. The number of nitrogens with one attached hydrogen (secondary N) is 2. The molecule has 0 saturated heterocycles. The van der Waals surface area contributed by atoms with Gasteiger partial charge in [0.1, 0.15) is 5.75 Å². The first-order valence-corrected chi connectivity index (χ1v) is 9.34. The molecule has 1 aliphatic carbocycles. The molecule has 1 aliphatic rings. The predicted molar refractivity (Wildman–Crippen MR) is 101 cm³/mol. The zero-order chi connectivity index (χ0) is 20.6. The molecule has 5 nitrogen and oxygen atoms in total. The number of aromatic nitrogens is 2. The van der Waals surface area contributed by atoms with E-state index in [1.54, 1.807) is 13.0 Å². The Morgan fingerprint density at radius 3 is 2.86 bits per heavy atom. The van der Waals surface area contributed by atoms with Crippen LogP contribution in [0, 0.1) is 5.92 Å². The Morgan fingerprint density at radius 2 is 2.14 bits per heavy atom. The Labute approximate surface area is 165 Å². The van der Waals surface area contributed by atoms with Crippen LogP contribution < -0.4 is 10.1 Å². The fraction of sp³-hybridized carbons (Fsp3) is 0.333. The molecule has 2 aromatic heterocycles. The fourth-order valence-corrected chi connectivity index (χ4v) is 3.54. The van der Waals surface area contributed by atoms with Crippen molar-refractivity contribution in [1.29, 1.82) is 0 Å². The third-order valence-corrected chi connectivity index (χ3v) is 5.11. The van der Waals surface area contributed by atoms with Crippen LogP contribution >= 0.6 is 0 Å². The van der Waals surface area contributed by atoms with Crippen LogP contribution in [0.2, 0.25) is 0 Å². The highest BCUT2D eigenvalue weighted by atomic mass is 19.4. The highest BCUT2D eigenvalue weighted by molar-refractivity contribution is 5.87. The summed E-state index contributed by atoms with van der Waals surface area (Å²) >= 11 is 0. The second kappa shape index (κ2) is 7.42. The minimum absolute atomic E-state index is 0.0332. The van der Waals surface area contributed by atoms with E-state index in [1.165, 1.54) is 12.3 Å². The second-order valence-electron chi connectivity index (χ2n) is 7.29. The summed E-state index contributed by atoms with van der Waals surface area (Å²) in [5, 5.41) is 4.07. The summed E-state index contributed by atoms with van der Waals surface area (Å²) in [5.74, 6) is 0.0625. The molecular formula is C21H20F3N3O2. The number of rotatable bonds is 6. The molecule has 1 aromatic carbocycles. The van der Waals surface area contributed by atoms with E-state index in [2.05, 4.69) is 20.0 Å². The van der Waals surface area contributed by atoms with Gasteiger partial charge in [0.2, 0.25) is 5.91 Å². The molecule has 3 aromatic rings. The summed E-state index contributed by atoms with van der Waals surface area (Å²) in [5.41, 5.74) is 2.77. The number of fused-ring (bicyclic) bond motifs is 1. The molecule has 4 rings (SSSR count). The summed E-state index contributed by atoms with van der Waals surface area (Å²) in [6, 6.07) is 10.7. The van der Waals surface area contributed by atoms with Gasteiger partial charge in [-0.15, -0.1) is 0 Å². The summed E-state index contributed by atoms with van der Waals surface area (Å²) in [6.45, 7) is 0.427. The molecule has 8 heteroatoms. The number of H-pyrrole nitrogens is 1. The van der Waals surface area contributed by atoms with Crippen LogP contribution in [0.3, 0.4) is 0 Å². The fourth-order valence-electron chi connectivity index (χ4n) is 3.54. The molecule has 152 valence electrons. The van der Waals surface area contributed by atoms with Gasteiger partial charge in [0.15, 0.2) is 6.61 Å². The van der Waals surface area contributed by atoms with Crippen LogP contribution in [0.4, 0.5) is 13.2 Å².